The Morgan fingerprint density at radius 3 is 2.42 bits per heavy atom. The number of rotatable bonds is 5. The predicted molar refractivity (Wildman–Crippen MR) is 133 cm³/mol. The normalized spacial score (nSPS) is 11.3. The van der Waals surface area contributed by atoms with Crippen molar-refractivity contribution in [2.24, 2.45) is 0 Å². The fraction of sp³-hybridized carbons (Fsp3) is 0.0370. The smallest absolute Gasteiger partial charge is 0.154 e. The Bertz CT molecular complexity index is 1340. The molecule has 4 heteroatoms. The highest BCUT2D eigenvalue weighted by molar-refractivity contribution is 7.13. The third-order valence-electron chi connectivity index (χ3n) is 5.06. The van der Waals surface area contributed by atoms with Crippen molar-refractivity contribution in [2.45, 2.75) is 6.92 Å². The highest BCUT2D eigenvalue weighted by Gasteiger charge is 2.09. The first-order valence-corrected chi connectivity index (χ1v) is 11.1. The van der Waals surface area contributed by atoms with Gasteiger partial charge in [0.15, 0.2) is 5.82 Å². The summed E-state index contributed by atoms with van der Waals surface area (Å²) in [6.45, 7) is 2.09. The van der Waals surface area contributed by atoms with Gasteiger partial charge in [-0.15, -0.1) is 11.3 Å². The van der Waals surface area contributed by atoms with E-state index in [0.717, 1.165) is 28.0 Å². The summed E-state index contributed by atoms with van der Waals surface area (Å²) < 4.78 is 0. The number of hydrogen-bond donors (Lipinski definition) is 1. The molecule has 0 aliphatic heterocycles. The summed E-state index contributed by atoms with van der Waals surface area (Å²) in [4.78, 5) is 10.9. The van der Waals surface area contributed by atoms with E-state index in [-0.39, 0.29) is 0 Å². The number of nitrogens with zero attached hydrogens (tertiary/aromatic N) is 2. The third-order valence-corrected chi connectivity index (χ3v) is 5.98. The van der Waals surface area contributed by atoms with Crippen molar-refractivity contribution in [1.29, 1.82) is 0 Å². The molecule has 0 atom stereocenters. The number of thiophene rings is 1. The highest BCUT2D eigenvalue weighted by atomic mass is 32.1. The van der Waals surface area contributed by atoms with Gasteiger partial charge in [0.2, 0.25) is 0 Å². The van der Waals surface area contributed by atoms with Gasteiger partial charge in [0.25, 0.3) is 0 Å². The summed E-state index contributed by atoms with van der Waals surface area (Å²) in [6, 6.07) is 29.1. The first-order chi connectivity index (χ1) is 15.2. The second kappa shape index (κ2) is 8.54. The lowest BCUT2D eigenvalue weighted by Crippen LogP contribution is -1.99. The molecule has 0 radical (unpaired) electrons. The van der Waals surface area contributed by atoms with Crippen molar-refractivity contribution >= 4 is 45.9 Å². The fourth-order valence-electron chi connectivity index (χ4n) is 3.42. The summed E-state index contributed by atoms with van der Waals surface area (Å²) in [5.74, 6) is 1.48. The Morgan fingerprint density at radius 2 is 1.65 bits per heavy atom. The van der Waals surface area contributed by atoms with Gasteiger partial charge in [0.1, 0.15) is 5.82 Å². The van der Waals surface area contributed by atoms with E-state index >= 15 is 0 Å². The minimum absolute atomic E-state index is 0.675. The van der Waals surface area contributed by atoms with Crippen molar-refractivity contribution in [3.05, 3.63) is 107 Å². The van der Waals surface area contributed by atoms with Gasteiger partial charge in [0.05, 0.1) is 5.52 Å². The molecule has 0 bridgehead atoms. The van der Waals surface area contributed by atoms with E-state index in [2.05, 4.69) is 84.4 Å². The molecule has 5 rings (SSSR count). The largest absolute Gasteiger partial charge is 0.340 e. The maximum absolute atomic E-state index is 4.84. The lowest BCUT2D eigenvalue weighted by molar-refractivity contribution is 1.18. The number of aryl methyl sites for hydroxylation is 1. The molecule has 0 aliphatic carbocycles. The molecular formula is C27H21N3S. The Hall–Kier alpha value is -3.76. The summed E-state index contributed by atoms with van der Waals surface area (Å²) in [6.07, 6.45) is 4.01. The lowest BCUT2D eigenvalue weighted by atomic mass is 10.1. The highest BCUT2D eigenvalue weighted by Crippen LogP contribution is 2.31. The Labute approximate surface area is 185 Å². The lowest BCUT2D eigenvalue weighted by Gasteiger charge is -2.11. The summed E-state index contributed by atoms with van der Waals surface area (Å²) >= 11 is 1.73. The quantitative estimate of drug-likeness (QED) is 0.319. The summed E-state index contributed by atoms with van der Waals surface area (Å²) in [5.41, 5.74) is 5.44. The van der Waals surface area contributed by atoms with Crippen molar-refractivity contribution in [3.63, 3.8) is 0 Å². The average Bonchev–Trinajstić information content (AvgIpc) is 3.35. The van der Waals surface area contributed by atoms with Crippen molar-refractivity contribution in [2.75, 3.05) is 5.32 Å². The van der Waals surface area contributed by atoms with Crippen LogP contribution < -0.4 is 5.32 Å². The number of benzene rings is 3. The second-order valence-corrected chi connectivity index (χ2v) is 8.32. The summed E-state index contributed by atoms with van der Waals surface area (Å²) in [5, 5.41) is 6.58. The molecule has 3 aromatic carbocycles. The molecule has 2 aromatic heterocycles. The Balaban J connectivity index is 1.60. The zero-order valence-corrected chi connectivity index (χ0v) is 17.9. The zero-order chi connectivity index (χ0) is 21.0. The van der Waals surface area contributed by atoms with Gasteiger partial charge in [0, 0.05) is 16.0 Å². The van der Waals surface area contributed by atoms with Gasteiger partial charge in [-0.05, 0) is 59.8 Å². The van der Waals surface area contributed by atoms with E-state index in [1.165, 1.54) is 16.0 Å². The predicted octanol–water partition coefficient (Wildman–Crippen LogP) is 7.58. The van der Waals surface area contributed by atoms with Crippen LogP contribution in [0.1, 0.15) is 17.0 Å². The number of hydrogen-bond acceptors (Lipinski definition) is 4. The molecule has 150 valence electrons. The standard InChI is InChI=1S/C27H21N3S/c1-19-9-13-22(14-10-19)28-27-23-15-12-21(25-8-5-17-31-25)18-24(23)29-26(30-27)16-11-20-6-3-2-4-7-20/h2-18H,1H3,(H,28,29,30)/b16-11+. The van der Waals surface area contributed by atoms with Crippen LogP contribution >= 0.6 is 11.3 Å². The minimum Gasteiger partial charge on any atom is -0.340 e. The van der Waals surface area contributed by atoms with E-state index in [9.17, 15) is 0 Å². The molecule has 1 N–H and O–H groups in total. The topological polar surface area (TPSA) is 37.8 Å². The first-order valence-electron chi connectivity index (χ1n) is 10.2. The molecular weight excluding hydrogens is 398 g/mol. The van der Waals surface area contributed by atoms with Crippen LogP contribution in [-0.4, -0.2) is 9.97 Å². The molecule has 0 spiro atoms. The van der Waals surface area contributed by atoms with Crippen LogP contribution in [0.15, 0.2) is 90.3 Å². The van der Waals surface area contributed by atoms with Crippen LogP contribution in [-0.2, 0) is 0 Å². The van der Waals surface area contributed by atoms with Crippen molar-refractivity contribution < 1.29 is 0 Å². The van der Waals surface area contributed by atoms with E-state index < -0.39 is 0 Å². The first kappa shape index (κ1) is 19.2. The van der Waals surface area contributed by atoms with Crippen LogP contribution in [0.3, 0.4) is 0 Å². The average molecular weight is 420 g/mol. The molecule has 31 heavy (non-hydrogen) atoms. The number of anilines is 2. The second-order valence-electron chi connectivity index (χ2n) is 7.37. The number of nitrogens with one attached hydrogen (secondary N) is 1. The summed E-state index contributed by atoms with van der Waals surface area (Å²) in [7, 11) is 0. The maximum atomic E-state index is 4.84. The SMILES string of the molecule is Cc1ccc(Nc2nc(/C=C/c3ccccc3)nc3cc(-c4cccs4)ccc23)cc1. The van der Waals surface area contributed by atoms with Gasteiger partial charge >= 0.3 is 0 Å². The fourth-order valence-corrected chi connectivity index (χ4v) is 4.15. The zero-order valence-electron chi connectivity index (χ0n) is 17.1. The number of aromatic nitrogens is 2. The molecule has 3 nitrogen and oxygen atoms in total. The Morgan fingerprint density at radius 1 is 0.806 bits per heavy atom. The minimum atomic E-state index is 0.675. The number of fused-ring (bicyclic) bond motifs is 1. The van der Waals surface area contributed by atoms with Crippen molar-refractivity contribution in [1.82, 2.24) is 9.97 Å². The van der Waals surface area contributed by atoms with Crippen LogP contribution in [0.2, 0.25) is 0 Å². The molecule has 2 heterocycles. The van der Waals surface area contributed by atoms with Gasteiger partial charge < -0.3 is 5.32 Å². The molecule has 5 aromatic rings. The van der Waals surface area contributed by atoms with Crippen LogP contribution in [0.25, 0.3) is 33.5 Å². The molecule has 0 amide bonds. The van der Waals surface area contributed by atoms with Crippen LogP contribution in [0, 0.1) is 6.92 Å². The van der Waals surface area contributed by atoms with Crippen LogP contribution in [0.5, 0.6) is 0 Å². The third kappa shape index (κ3) is 4.39. The van der Waals surface area contributed by atoms with E-state index in [0.29, 0.717) is 5.82 Å². The van der Waals surface area contributed by atoms with Crippen molar-refractivity contribution in [3.8, 4) is 10.4 Å². The monoisotopic (exact) mass is 419 g/mol. The van der Waals surface area contributed by atoms with E-state index in [1.54, 1.807) is 11.3 Å². The molecule has 0 fully saturated rings. The van der Waals surface area contributed by atoms with Gasteiger partial charge in [-0.3, -0.25) is 0 Å². The van der Waals surface area contributed by atoms with Gasteiger partial charge in [-0.2, -0.15) is 0 Å². The molecule has 0 saturated carbocycles. The molecule has 0 aliphatic rings. The maximum Gasteiger partial charge on any atom is 0.154 e. The van der Waals surface area contributed by atoms with E-state index in [4.69, 9.17) is 9.97 Å². The van der Waals surface area contributed by atoms with Gasteiger partial charge in [-0.1, -0.05) is 66.2 Å². The Kier molecular flexibility index (Phi) is 5.29. The van der Waals surface area contributed by atoms with E-state index in [1.807, 2.05) is 30.4 Å². The van der Waals surface area contributed by atoms with Gasteiger partial charge in [-0.25, -0.2) is 9.97 Å². The molecule has 0 unspecified atom stereocenters. The van der Waals surface area contributed by atoms with Crippen LogP contribution in [0.4, 0.5) is 11.5 Å². The molecule has 0 saturated heterocycles.